The molecule has 122 valence electrons. The van der Waals surface area contributed by atoms with Crippen LogP contribution in [-0.4, -0.2) is 43.7 Å². The second-order valence-corrected chi connectivity index (χ2v) is 4.78. The van der Waals surface area contributed by atoms with Gasteiger partial charge in [0, 0.05) is 12.2 Å². The van der Waals surface area contributed by atoms with Crippen LogP contribution >= 0.6 is 12.4 Å². The number of nitrogens with one attached hydrogen (secondary N) is 3. The normalized spacial score (nSPS) is 20.6. The van der Waals surface area contributed by atoms with Crippen LogP contribution in [0.4, 0.5) is 10.1 Å². The molecule has 0 saturated carbocycles. The average Bonchev–Trinajstić information content (AvgIpc) is 2.45. The first kappa shape index (κ1) is 18.3. The van der Waals surface area contributed by atoms with Gasteiger partial charge >= 0.3 is 0 Å². The fourth-order valence-electron chi connectivity index (χ4n) is 2.08. The molecule has 2 amide bonds. The molecule has 0 aliphatic carbocycles. The van der Waals surface area contributed by atoms with E-state index in [0.29, 0.717) is 18.8 Å². The SMILES string of the molecule is C[C@H]1OCCN[C@@H]1C(=O)NCC(=O)Nc1cccc(F)c1.Cl. The van der Waals surface area contributed by atoms with Crippen molar-refractivity contribution in [2.24, 2.45) is 0 Å². The van der Waals surface area contributed by atoms with Crippen LogP contribution in [0.5, 0.6) is 0 Å². The third kappa shape index (κ3) is 5.25. The Labute approximate surface area is 134 Å². The van der Waals surface area contributed by atoms with Gasteiger partial charge in [-0.15, -0.1) is 12.4 Å². The maximum absolute atomic E-state index is 13.0. The lowest BCUT2D eigenvalue weighted by Crippen LogP contribution is -2.56. The second-order valence-electron chi connectivity index (χ2n) is 4.78. The van der Waals surface area contributed by atoms with E-state index in [1.807, 2.05) is 0 Å². The highest BCUT2D eigenvalue weighted by molar-refractivity contribution is 5.95. The minimum absolute atomic E-state index is 0. The highest BCUT2D eigenvalue weighted by Gasteiger charge is 2.28. The Morgan fingerprint density at radius 3 is 2.91 bits per heavy atom. The summed E-state index contributed by atoms with van der Waals surface area (Å²) < 4.78 is 18.3. The number of rotatable bonds is 4. The van der Waals surface area contributed by atoms with E-state index in [2.05, 4.69) is 16.0 Å². The van der Waals surface area contributed by atoms with Gasteiger partial charge in [-0.1, -0.05) is 6.07 Å². The summed E-state index contributed by atoms with van der Waals surface area (Å²) in [6, 6.07) is 5.09. The molecule has 6 nitrogen and oxygen atoms in total. The minimum Gasteiger partial charge on any atom is -0.375 e. The molecule has 2 rings (SSSR count). The highest BCUT2D eigenvalue weighted by atomic mass is 35.5. The maximum Gasteiger partial charge on any atom is 0.243 e. The zero-order valence-electron chi connectivity index (χ0n) is 12.1. The number of amides is 2. The number of hydrogen-bond acceptors (Lipinski definition) is 4. The van der Waals surface area contributed by atoms with Gasteiger partial charge in [0.2, 0.25) is 11.8 Å². The Morgan fingerprint density at radius 1 is 1.45 bits per heavy atom. The number of hydrogen-bond donors (Lipinski definition) is 3. The Morgan fingerprint density at radius 2 is 2.23 bits per heavy atom. The Hall–Kier alpha value is -1.70. The highest BCUT2D eigenvalue weighted by Crippen LogP contribution is 2.08. The summed E-state index contributed by atoms with van der Waals surface area (Å²) in [6.07, 6.45) is -0.245. The molecule has 0 aromatic heterocycles. The maximum atomic E-state index is 13.0. The summed E-state index contributed by atoms with van der Waals surface area (Å²) in [5, 5.41) is 8.07. The van der Waals surface area contributed by atoms with Crippen LogP contribution < -0.4 is 16.0 Å². The van der Waals surface area contributed by atoms with Crippen LogP contribution in [0.3, 0.4) is 0 Å². The van der Waals surface area contributed by atoms with Crippen LogP contribution in [0.25, 0.3) is 0 Å². The lowest BCUT2D eigenvalue weighted by molar-refractivity contribution is -0.130. The zero-order chi connectivity index (χ0) is 15.2. The van der Waals surface area contributed by atoms with E-state index in [4.69, 9.17) is 4.74 Å². The molecule has 1 aromatic carbocycles. The second kappa shape index (κ2) is 8.67. The topological polar surface area (TPSA) is 79.5 Å². The largest absolute Gasteiger partial charge is 0.375 e. The first-order valence-electron chi connectivity index (χ1n) is 6.74. The predicted octanol–water partition coefficient (Wildman–Crippen LogP) is 0.679. The molecule has 0 spiro atoms. The molecule has 1 aliphatic heterocycles. The molecule has 1 fully saturated rings. The molecule has 22 heavy (non-hydrogen) atoms. The van der Waals surface area contributed by atoms with Gasteiger partial charge in [-0.2, -0.15) is 0 Å². The summed E-state index contributed by atoms with van der Waals surface area (Å²) in [5.41, 5.74) is 0.349. The first-order valence-corrected chi connectivity index (χ1v) is 6.74. The summed E-state index contributed by atoms with van der Waals surface area (Å²) >= 11 is 0. The van der Waals surface area contributed by atoms with Gasteiger partial charge in [-0.05, 0) is 25.1 Å². The van der Waals surface area contributed by atoms with Crippen LogP contribution in [0.15, 0.2) is 24.3 Å². The molecular formula is C14H19ClFN3O3. The van der Waals surface area contributed by atoms with E-state index in [9.17, 15) is 14.0 Å². The van der Waals surface area contributed by atoms with Crippen molar-refractivity contribution in [2.45, 2.75) is 19.1 Å². The number of halogens is 2. The van der Waals surface area contributed by atoms with E-state index in [0.717, 1.165) is 0 Å². The number of morpholine rings is 1. The number of carbonyl (C=O) groups excluding carboxylic acids is 2. The van der Waals surface area contributed by atoms with Crippen LogP contribution in [0.1, 0.15) is 6.92 Å². The predicted molar refractivity (Wildman–Crippen MR) is 82.5 cm³/mol. The van der Waals surface area contributed by atoms with Gasteiger partial charge in [-0.3, -0.25) is 9.59 Å². The molecule has 1 aliphatic rings. The van der Waals surface area contributed by atoms with Crippen LogP contribution in [0.2, 0.25) is 0 Å². The molecule has 0 bridgehead atoms. The number of anilines is 1. The summed E-state index contributed by atoms with van der Waals surface area (Å²) in [5.74, 6) is -1.15. The lowest BCUT2D eigenvalue weighted by atomic mass is 10.1. The number of ether oxygens (including phenoxy) is 1. The standard InChI is InChI=1S/C14H18FN3O3.ClH/c1-9-13(16-5-6-21-9)14(20)17-8-12(19)18-11-4-2-3-10(15)7-11;/h2-4,7,9,13,16H,5-6,8H2,1H3,(H,17,20)(H,18,19);1H/t9-,13+;/m1./s1. The van der Waals surface area contributed by atoms with Crippen molar-refractivity contribution in [3.05, 3.63) is 30.1 Å². The Balaban J connectivity index is 0.00000242. The van der Waals surface area contributed by atoms with E-state index < -0.39 is 17.8 Å². The lowest BCUT2D eigenvalue weighted by Gasteiger charge is -2.29. The Kier molecular flexibility index (Phi) is 7.23. The van der Waals surface area contributed by atoms with Crippen molar-refractivity contribution in [1.29, 1.82) is 0 Å². The summed E-state index contributed by atoms with van der Waals surface area (Å²) in [6.45, 7) is 2.77. The smallest absolute Gasteiger partial charge is 0.243 e. The number of carbonyl (C=O) groups is 2. The molecule has 0 unspecified atom stereocenters. The quantitative estimate of drug-likeness (QED) is 0.758. The van der Waals surface area contributed by atoms with Gasteiger partial charge in [0.1, 0.15) is 11.9 Å². The molecule has 3 N–H and O–H groups in total. The minimum atomic E-state index is -0.472. The molecular weight excluding hydrogens is 313 g/mol. The van der Waals surface area contributed by atoms with E-state index in [1.54, 1.807) is 13.0 Å². The van der Waals surface area contributed by atoms with Crippen LogP contribution in [0, 0.1) is 5.82 Å². The zero-order valence-corrected chi connectivity index (χ0v) is 12.9. The summed E-state index contributed by atoms with van der Waals surface area (Å²) in [4.78, 5) is 23.6. The van der Waals surface area contributed by atoms with E-state index >= 15 is 0 Å². The van der Waals surface area contributed by atoms with Crippen molar-refractivity contribution in [3.8, 4) is 0 Å². The molecule has 0 radical (unpaired) electrons. The van der Waals surface area contributed by atoms with Crippen molar-refractivity contribution in [1.82, 2.24) is 10.6 Å². The van der Waals surface area contributed by atoms with Crippen molar-refractivity contribution in [2.75, 3.05) is 25.0 Å². The van der Waals surface area contributed by atoms with E-state index in [1.165, 1.54) is 18.2 Å². The third-order valence-electron chi connectivity index (χ3n) is 3.13. The molecule has 2 atom stereocenters. The van der Waals surface area contributed by atoms with E-state index in [-0.39, 0.29) is 31.0 Å². The molecule has 1 aromatic rings. The van der Waals surface area contributed by atoms with Gasteiger partial charge in [0.05, 0.1) is 19.3 Å². The van der Waals surface area contributed by atoms with Crippen molar-refractivity contribution >= 4 is 29.9 Å². The average molecular weight is 332 g/mol. The van der Waals surface area contributed by atoms with Gasteiger partial charge in [-0.25, -0.2) is 4.39 Å². The molecule has 1 saturated heterocycles. The molecule has 1 heterocycles. The van der Waals surface area contributed by atoms with Crippen molar-refractivity contribution in [3.63, 3.8) is 0 Å². The number of benzene rings is 1. The summed E-state index contributed by atoms with van der Waals surface area (Å²) in [7, 11) is 0. The Bertz CT molecular complexity index is 530. The molecule has 8 heteroatoms. The van der Waals surface area contributed by atoms with Gasteiger partial charge < -0.3 is 20.7 Å². The fourth-order valence-corrected chi connectivity index (χ4v) is 2.08. The first-order chi connectivity index (χ1) is 10.1. The fraction of sp³-hybridized carbons (Fsp3) is 0.429. The van der Waals surface area contributed by atoms with Crippen molar-refractivity contribution < 1.29 is 18.7 Å². The van der Waals surface area contributed by atoms with Crippen LogP contribution in [-0.2, 0) is 14.3 Å². The van der Waals surface area contributed by atoms with Gasteiger partial charge in [0.15, 0.2) is 0 Å². The third-order valence-corrected chi connectivity index (χ3v) is 3.13. The van der Waals surface area contributed by atoms with Gasteiger partial charge in [0.25, 0.3) is 0 Å². The monoisotopic (exact) mass is 331 g/mol.